The number of nitrogens with one attached hydrogen (secondary N) is 2. The monoisotopic (exact) mass is 379 g/mol. The van der Waals surface area contributed by atoms with E-state index in [0.717, 1.165) is 5.56 Å². The Morgan fingerprint density at radius 3 is 2.65 bits per heavy atom. The standard InChI is InChI=1S/C18H25N3O4S/c1-2-11-26(24,25)20-13-7-9-21(10-8-13)18(23)15-12-17(22)19-16-6-4-3-5-14(15)16/h3-6,13,15,20H,2,7-12H2,1H3,(H,19,22). The Morgan fingerprint density at radius 2 is 1.96 bits per heavy atom. The van der Waals surface area contributed by atoms with Gasteiger partial charge in [-0.15, -0.1) is 0 Å². The van der Waals surface area contributed by atoms with Crippen LogP contribution in [0.3, 0.4) is 0 Å². The molecular formula is C18H25N3O4S. The van der Waals surface area contributed by atoms with Gasteiger partial charge in [-0.3, -0.25) is 9.59 Å². The highest BCUT2D eigenvalue weighted by Gasteiger charge is 2.35. The molecule has 1 saturated heterocycles. The fourth-order valence-electron chi connectivity index (χ4n) is 3.65. The SMILES string of the molecule is CCCS(=O)(=O)NC1CCN(C(=O)C2CC(=O)Nc3ccccc32)CC1. The topological polar surface area (TPSA) is 95.6 Å². The van der Waals surface area contributed by atoms with Crippen LogP contribution in [0.1, 0.15) is 44.1 Å². The average molecular weight is 379 g/mol. The molecule has 0 aromatic heterocycles. The number of hydrogen-bond donors (Lipinski definition) is 2. The number of likely N-dealkylation sites (tertiary alicyclic amines) is 1. The van der Waals surface area contributed by atoms with Gasteiger partial charge < -0.3 is 10.2 Å². The van der Waals surface area contributed by atoms with E-state index in [0.29, 0.717) is 38.0 Å². The first-order valence-electron chi connectivity index (χ1n) is 9.07. The molecule has 26 heavy (non-hydrogen) atoms. The largest absolute Gasteiger partial charge is 0.342 e. The normalized spacial score (nSPS) is 21.2. The van der Waals surface area contributed by atoms with E-state index < -0.39 is 15.9 Å². The predicted octanol–water partition coefficient (Wildman–Crippen LogP) is 1.43. The second-order valence-corrected chi connectivity index (χ2v) is 8.80. The Labute approximate surface area is 154 Å². The summed E-state index contributed by atoms with van der Waals surface area (Å²) in [4.78, 5) is 26.7. The molecule has 8 heteroatoms. The van der Waals surface area contributed by atoms with Gasteiger partial charge in [-0.1, -0.05) is 25.1 Å². The smallest absolute Gasteiger partial charge is 0.230 e. The molecule has 0 saturated carbocycles. The first kappa shape index (κ1) is 18.8. The van der Waals surface area contributed by atoms with Crippen molar-refractivity contribution < 1.29 is 18.0 Å². The van der Waals surface area contributed by atoms with Crippen molar-refractivity contribution in [1.29, 1.82) is 0 Å². The number of carbonyl (C=O) groups excluding carboxylic acids is 2. The van der Waals surface area contributed by atoms with Gasteiger partial charge in [0.1, 0.15) is 0 Å². The van der Waals surface area contributed by atoms with Crippen LogP contribution in [0.2, 0.25) is 0 Å². The fourth-order valence-corrected chi connectivity index (χ4v) is 5.05. The van der Waals surface area contributed by atoms with Gasteiger partial charge in [0.25, 0.3) is 0 Å². The number of carbonyl (C=O) groups is 2. The van der Waals surface area contributed by atoms with Gasteiger partial charge >= 0.3 is 0 Å². The molecule has 3 rings (SSSR count). The van der Waals surface area contributed by atoms with Crippen LogP contribution in [0.25, 0.3) is 0 Å². The van der Waals surface area contributed by atoms with Crippen LogP contribution < -0.4 is 10.0 Å². The molecule has 1 aromatic carbocycles. The highest BCUT2D eigenvalue weighted by atomic mass is 32.2. The zero-order valence-electron chi connectivity index (χ0n) is 14.9. The number of piperidine rings is 1. The average Bonchev–Trinajstić information content (AvgIpc) is 2.60. The zero-order valence-corrected chi connectivity index (χ0v) is 15.7. The van der Waals surface area contributed by atoms with E-state index in [1.807, 2.05) is 25.1 Å². The van der Waals surface area contributed by atoms with E-state index in [1.54, 1.807) is 11.0 Å². The van der Waals surface area contributed by atoms with E-state index in [2.05, 4.69) is 10.0 Å². The maximum atomic E-state index is 13.0. The number of hydrogen-bond acceptors (Lipinski definition) is 4. The Kier molecular flexibility index (Phi) is 5.62. The molecule has 0 aliphatic carbocycles. The summed E-state index contributed by atoms with van der Waals surface area (Å²) in [7, 11) is -3.24. The number of benzene rings is 1. The summed E-state index contributed by atoms with van der Waals surface area (Å²) in [5.41, 5.74) is 1.55. The number of para-hydroxylation sites is 1. The van der Waals surface area contributed by atoms with Gasteiger partial charge in [0.15, 0.2) is 0 Å². The molecule has 142 valence electrons. The Hall–Kier alpha value is -1.93. The summed E-state index contributed by atoms with van der Waals surface area (Å²) in [6, 6.07) is 7.26. The molecule has 1 unspecified atom stereocenters. The maximum absolute atomic E-state index is 13.0. The predicted molar refractivity (Wildman–Crippen MR) is 99.2 cm³/mol. The van der Waals surface area contributed by atoms with Crippen molar-refractivity contribution in [3.63, 3.8) is 0 Å². The van der Waals surface area contributed by atoms with Crippen molar-refractivity contribution in [2.75, 3.05) is 24.2 Å². The third-order valence-electron chi connectivity index (χ3n) is 4.92. The van der Waals surface area contributed by atoms with E-state index in [9.17, 15) is 18.0 Å². The quantitative estimate of drug-likeness (QED) is 0.809. The minimum Gasteiger partial charge on any atom is -0.342 e. The number of fused-ring (bicyclic) bond motifs is 1. The molecule has 2 heterocycles. The van der Waals surface area contributed by atoms with Crippen molar-refractivity contribution in [3.8, 4) is 0 Å². The lowest BCUT2D eigenvalue weighted by molar-refractivity contribution is -0.135. The molecule has 2 amide bonds. The molecule has 0 radical (unpaired) electrons. The summed E-state index contributed by atoms with van der Waals surface area (Å²) in [6.45, 7) is 2.83. The third kappa shape index (κ3) is 4.24. The molecule has 0 spiro atoms. The molecule has 2 aliphatic heterocycles. The van der Waals surface area contributed by atoms with Crippen LogP contribution in [0.5, 0.6) is 0 Å². The van der Waals surface area contributed by atoms with Gasteiger partial charge in [-0.2, -0.15) is 0 Å². The lowest BCUT2D eigenvalue weighted by Gasteiger charge is -2.35. The summed E-state index contributed by atoms with van der Waals surface area (Å²) in [5.74, 6) is -0.542. The molecule has 0 bridgehead atoms. The molecule has 2 aliphatic rings. The number of sulfonamides is 1. The Bertz CT molecular complexity index is 785. The van der Waals surface area contributed by atoms with Gasteiger partial charge in [0, 0.05) is 31.2 Å². The summed E-state index contributed by atoms with van der Waals surface area (Å²) < 4.78 is 26.5. The van der Waals surface area contributed by atoms with E-state index in [-0.39, 0.29) is 30.0 Å². The van der Waals surface area contributed by atoms with Crippen LogP contribution in [0, 0.1) is 0 Å². The molecule has 1 fully saturated rings. The minimum atomic E-state index is -3.24. The van der Waals surface area contributed by atoms with E-state index in [4.69, 9.17) is 0 Å². The highest BCUT2D eigenvalue weighted by molar-refractivity contribution is 7.89. The minimum absolute atomic E-state index is 0.0536. The highest BCUT2D eigenvalue weighted by Crippen LogP contribution is 2.33. The Balaban J connectivity index is 1.63. The number of amides is 2. The van der Waals surface area contributed by atoms with Crippen LogP contribution >= 0.6 is 0 Å². The second kappa shape index (κ2) is 7.75. The second-order valence-electron chi connectivity index (χ2n) is 6.93. The van der Waals surface area contributed by atoms with Gasteiger partial charge in [0.2, 0.25) is 21.8 Å². The molecule has 1 atom stereocenters. The van der Waals surface area contributed by atoms with Crippen LogP contribution in [-0.2, 0) is 19.6 Å². The summed E-state index contributed by atoms with van der Waals surface area (Å²) in [6.07, 6.45) is 1.92. The van der Waals surface area contributed by atoms with Gasteiger partial charge in [0.05, 0.1) is 11.7 Å². The van der Waals surface area contributed by atoms with Crippen molar-refractivity contribution >= 4 is 27.5 Å². The van der Waals surface area contributed by atoms with Crippen molar-refractivity contribution in [3.05, 3.63) is 29.8 Å². The van der Waals surface area contributed by atoms with Crippen molar-refractivity contribution in [2.24, 2.45) is 0 Å². The number of anilines is 1. The molecule has 2 N–H and O–H groups in total. The number of nitrogens with zero attached hydrogens (tertiary/aromatic N) is 1. The third-order valence-corrected chi connectivity index (χ3v) is 6.56. The fraction of sp³-hybridized carbons (Fsp3) is 0.556. The lowest BCUT2D eigenvalue weighted by Crippen LogP contribution is -2.48. The molecule has 1 aromatic rings. The van der Waals surface area contributed by atoms with E-state index >= 15 is 0 Å². The first-order chi connectivity index (χ1) is 12.4. The van der Waals surface area contributed by atoms with Crippen LogP contribution in [0.15, 0.2) is 24.3 Å². The number of rotatable bonds is 5. The molecule has 7 nitrogen and oxygen atoms in total. The van der Waals surface area contributed by atoms with Crippen LogP contribution in [0.4, 0.5) is 5.69 Å². The summed E-state index contributed by atoms with van der Waals surface area (Å²) in [5, 5.41) is 2.81. The summed E-state index contributed by atoms with van der Waals surface area (Å²) >= 11 is 0. The molecular weight excluding hydrogens is 354 g/mol. The van der Waals surface area contributed by atoms with Gasteiger partial charge in [-0.05, 0) is 30.9 Å². The van der Waals surface area contributed by atoms with Crippen LogP contribution in [-0.4, -0.2) is 50.0 Å². The van der Waals surface area contributed by atoms with Crippen molar-refractivity contribution in [1.82, 2.24) is 9.62 Å². The lowest BCUT2D eigenvalue weighted by atomic mass is 9.88. The van der Waals surface area contributed by atoms with E-state index in [1.165, 1.54) is 0 Å². The van der Waals surface area contributed by atoms with Crippen molar-refractivity contribution in [2.45, 2.75) is 44.6 Å². The Morgan fingerprint density at radius 1 is 1.27 bits per heavy atom. The zero-order chi connectivity index (χ0) is 18.7. The van der Waals surface area contributed by atoms with Gasteiger partial charge in [-0.25, -0.2) is 13.1 Å². The first-order valence-corrected chi connectivity index (χ1v) is 10.7. The maximum Gasteiger partial charge on any atom is 0.230 e.